The van der Waals surface area contributed by atoms with Gasteiger partial charge in [0, 0.05) is 13.1 Å². The van der Waals surface area contributed by atoms with Gasteiger partial charge in [0.15, 0.2) is 0 Å². The third-order valence-corrected chi connectivity index (χ3v) is 3.55. The highest BCUT2D eigenvalue weighted by Gasteiger charge is 2.18. The molecular formula is C19H21NO3. The Morgan fingerprint density at radius 3 is 2.52 bits per heavy atom. The lowest BCUT2D eigenvalue weighted by atomic mass is 10.0. The topological polar surface area (TPSA) is 60.8 Å². The quantitative estimate of drug-likeness (QED) is 0.773. The fourth-order valence-electron chi connectivity index (χ4n) is 2.42. The van der Waals surface area contributed by atoms with Crippen LogP contribution in [0.3, 0.4) is 0 Å². The fourth-order valence-corrected chi connectivity index (χ4v) is 2.42. The van der Waals surface area contributed by atoms with Crippen molar-refractivity contribution >= 4 is 5.91 Å². The first-order chi connectivity index (χ1) is 11.2. The molecule has 120 valence electrons. The van der Waals surface area contributed by atoms with Gasteiger partial charge >= 0.3 is 0 Å². The SMILES string of the molecule is C=CCN(CCO)C(=O)c1cc(Cc2ccccc2)ccc1O. The summed E-state index contributed by atoms with van der Waals surface area (Å²) < 4.78 is 0. The minimum absolute atomic E-state index is 0.0567. The highest BCUT2D eigenvalue weighted by atomic mass is 16.3. The van der Waals surface area contributed by atoms with Gasteiger partial charge < -0.3 is 15.1 Å². The van der Waals surface area contributed by atoms with Crippen molar-refractivity contribution in [2.24, 2.45) is 0 Å². The van der Waals surface area contributed by atoms with Crippen molar-refractivity contribution in [3.05, 3.63) is 77.9 Å². The largest absolute Gasteiger partial charge is 0.507 e. The third kappa shape index (κ3) is 4.44. The summed E-state index contributed by atoms with van der Waals surface area (Å²) in [6, 6.07) is 15.0. The van der Waals surface area contributed by atoms with Gasteiger partial charge in [-0.25, -0.2) is 0 Å². The summed E-state index contributed by atoms with van der Waals surface area (Å²) in [4.78, 5) is 14.0. The van der Waals surface area contributed by atoms with Gasteiger partial charge in [-0.15, -0.1) is 6.58 Å². The zero-order valence-electron chi connectivity index (χ0n) is 13.0. The van der Waals surface area contributed by atoms with Crippen LogP contribution in [-0.4, -0.2) is 40.7 Å². The summed E-state index contributed by atoms with van der Waals surface area (Å²) in [7, 11) is 0. The van der Waals surface area contributed by atoms with Crippen LogP contribution in [0, 0.1) is 0 Å². The smallest absolute Gasteiger partial charge is 0.257 e. The minimum atomic E-state index is -0.314. The normalized spacial score (nSPS) is 10.3. The van der Waals surface area contributed by atoms with E-state index in [1.165, 1.54) is 11.0 Å². The van der Waals surface area contributed by atoms with Crippen molar-refractivity contribution < 1.29 is 15.0 Å². The van der Waals surface area contributed by atoms with Gasteiger partial charge in [-0.2, -0.15) is 0 Å². The second-order valence-electron chi connectivity index (χ2n) is 5.28. The molecule has 4 nitrogen and oxygen atoms in total. The first kappa shape index (κ1) is 16.8. The van der Waals surface area contributed by atoms with Crippen molar-refractivity contribution in [1.82, 2.24) is 4.90 Å². The van der Waals surface area contributed by atoms with Gasteiger partial charge in [-0.05, 0) is 29.7 Å². The summed E-state index contributed by atoms with van der Waals surface area (Å²) in [5.41, 5.74) is 2.32. The molecule has 2 N–H and O–H groups in total. The summed E-state index contributed by atoms with van der Waals surface area (Å²) >= 11 is 0. The predicted octanol–water partition coefficient (Wildman–Crippen LogP) is 2.60. The summed E-state index contributed by atoms with van der Waals surface area (Å²) in [5.74, 6) is -0.370. The molecule has 0 saturated carbocycles. The van der Waals surface area contributed by atoms with E-state index in [2.05, 4.69) is 6.58 Å². The number of hydrogen-bond acceptors (Lipinski definition) is 3. The molecule has 0 aromatic heterocycles. The van der Waals surface area contributed by atoms with E-state index in [9.17, 15) is 9.90 Å². The average molecular weight is 311 g/mol. The number of amides is 1. The Kier molecular flexibility index (Phi) is 5.94. The van der Waals surface area contributed by atoms with E-state index >= 15 is 0 Å². The van der Waals surface area contributed by atoms with Crippen molar-refractivity contribution in [2.75, 3.05) is 19.7 Å². The third-order valence-electron chi connectivity index (χ3n) is 3.55. The summed E-state index contributed by atoms with van der Waals surface area (Å²) in [6.07, 6.45) is 2.28. The molecule has 0 heterocycles. The number of aliphatic hydroxyl groups excluding tert-OH is 1. The Balaban J connectivity index is 2.25. The zero-order valence-corrected chi connectivity index (χ0v) is 13.0. The van der Waals surface area contributed by atoms with Crippen LogP contribution in [0.25, 0.3) is 0 Å². The lowest BCUT2D eigenvalue weighted by molar-refractivity contribution is 0.0739. The van der Waals surface area contributed by atoms with Crippen molar-refractivity contribution in [1.29, 1.82) is 0 Å². The maximum atomic E-state index is 12.6. The Morgan fingerprint density at radius 2 is 1.87 bits per heavy atom. The molecule has 0 aliphatic heterocycles. The molecular weight excluding hydrogens is 290 g/mol. The van der Waals surface area contributed by atoms with E-state index in [0.717, 1.165) is 11.1 Å². The molecule has 0 saturated heterocycles. The molecule has 2 aromatic carbocycles. The number of nitrogens with zero attached hydrogens (tertiary/aromatic N) is 1. The standard InChI is InChI=1S/C19H21NO3/c1-2-10-20(11-12-21)19(23)17-14-16(8-9-18(17)22)13-15-6-4-3-5-7-15/h2-9,14,21-22H,1,10-13H2. The molecule has 0 unspecified atom stereocenters. The lowest BCUT2D eigenvalue weighted by Gasteiger charge is -2.21. The Hall–Kier alpha value is -2.59. The van der Waals surface area contributed by atoms with Gasteiger partial charge in [0.05, 0.1) is 12.2 Å². The molecule has 0 aliphatic carbocycles. The summed E-state index contributed by atoms with van der Waals surface area (Å²) in [5, 5.41) is 19.1. The molecule has 2 aromatic rings. The van der Waals surface area contributed by atoms with Crippen LogP contribution in [0.15, 0.2) is 61.2 Å². The minimum Gasteiger partial charge on any atom is -0.507 e. The monoisotopic (exact) mass is 311 g/mol. The van der Waals surface area contributed by atoms with Crippen molar-refractivity contribution in [3.8, 4) is 5.75 Å². The summed E-state index contributed by atoms with van der Waals surface area (Å²) in [6.45, 7) is 4.00. The van der Waals surface area contributed by atoms with E-state index in [1.807, 2.05) is 36.4 Å². The van der Waals surface area contributed by atoms with E-state index in [4.69, 9.17) is 5.11 Å². The van der Waals surface area contributed by atoms with Crippen LogP contribution in [0.5, 0.6) is 5.75 Å². The molecule has 0 atom stereocenters. The number of aromatic hydroxyl groups is 1. The number of phenolic OH excluding ortho intramolecular Hbond substituents is 1. The molecule has 0 radical (unpaired) electrons. The predicted molar refractivity (Wildman–Crippen MR) is 90.5 cm³/mol. The van der Waals surface area contributed by atoms with E-state index in [-0.39, 0.29) is 30.4 Å². The number of carbonyl (C=O) groups excluding carboxylic acids is 1. The molecule has 2 rings (SSSR count). The second kappa shape index (κ2) is 8.15. The fraction of sp³-hybridized carbons (Fsp3) is 0.211. The van der Waals surface area contributed by atoms with E-state index in [0.29, 0.717) is 13.0 Å². The molecule has 0 bridgehead atoms. The van der Waals surface area contributed by atoms with Gasteiger partial charge in [-0.3, -0.25) is 4.79 Å². The van der Waals surface area contributed by atoms with Crippen LogP contribution < -0.4 is 0 Å². The van der Waals surface area contributed by atoms with Crippen LogP contribution in [0.2, 0.25) is 0 Å². The van der Waals surface area contributed by atoms with Gasteiger partial charge in [0.2, 0.25) is 0 Å². The Morgan fingerprint density at radius 1 is 1.13 bits per heavy atom. The van der Waals surface area contributed by atoms with Gasteiger partial charge in [0.1, 0.15) is 5.75 Å². The zero-order chi connectivity index (χ0) is 16.7. The van der Waals surface area contributed by atoms with Crippen molar-refractivity contribution in [2.45, 2.75) is 6.42 Å². The second-order valence-corrected chi connectivity index (χ2v) is 5.28. The Bertz CT molecular complexity index is 668. The number of carbonyl (C=O) groups is 1. The van der Waals surface area contributed by atoms with E-state index in [1.54, 1.807) is 12.1 Å². The number of phenols is 1. The van der Waals surface area contributed by atoms with Crippen LogP contribution in [0.1, 0.15) is 21.5 Å². The van der Waals surface area contributed by atoms with Crippen LogP contribution in [-0.2, 0) is 6.42 Å². The van der Waals surface area contributed by atoms with Crippen LogP contribution in [0.4, 0.5) is 0 Å². The molecule has 1 amide bonds. The molecule has 0 fully saturated rings. The molecule has 0 aliphatic rings. The number of aliphatic hydroxyl groups is 1. The maximum absolute atomic E-state index is 12.6. The number of rotatable bonds is 7. The average Bonchev–Trinajstić information content (AvgIpc) is 2.57. The van der Waals surface area contributed by atoms with Crippen LogP contribution >= 0.6 is 0 Å². The van der Waals surface area contributed by atoms with Gasteiger partial charge in [-0.1, -0.05) is 42.5 Å². The van der Waals surface area contributed by atoms with E-state index < -0.39 is 0 Å². The highest BCUT2D eigenvalue weighted by molar-refractivity contribution is 5.97. The maximum Gasteiger partial charge on any atom is 0.257 e. The first-order valence-corrected chi connectivity index (χ1v) is 7.52. The Labute approximate surface area is 136 Å². The molecule has 0 spiro atoms. The van der Waals surface area contributed by atoms with Crippen molar-refractivity contribution in [3.63, 3.8) is 0 Å². The highest BCUT2D eigenvalue weighted by Crippen LogP contribution is 2.22. The van der Waals surface area contributed by atoms with Gasteiger partial charge in [0.25, 0.3) is 5.91 Å². The number of benzene rings is 2. The number of hydrogen-bond donors (Lipinski definition) is 2. The first-order valence-electron chi connectivity index (χ1n) is 7.52. The molecule has 4 heteroatoms. The lowest BCUT2D eigenvalue weighted by Crippen LogP contribution is -2.33. The molecule has 23 heavy (non-hydrogen) atoms.